The van der Waals surface area contributed by atoms with E-state index in [-0.39, 0.29) is 0 Å². The molecule has 0 bridgehead atoms. The largest absolute Gasteiger partial charge is 0.234 e. The van der Waals surface area contributed by atoms with Gasteiger partial charge in [0, 0.05) is 0 Å². The molecule has 0 saturated heterocycles. The van der Waals surface area contributed by atoms with Gasteiger partial charge in [0.05, 0.1) is 5.69 Å². The van der Waals surface area contributed by atoms with Crippen molar-refractivity contribution in [2.45, 2.75) is 6.92 Å². The van der Waals surface area contributed by atoms with Crippen LogP contribution in [0.2, 0.25) is 0 Å². The van der Waals surface area contributed by atoms with E-state index >= 15 is 0 Å². The van der Waals surface area contributed by atoms with Crippen molar-refractivity contribution in [3.63, 3.8) is 0 Å². The van der Waals surface area contributed by atoms with Crippen molar-refractivity contribution in [3.8, 4) is 0 Å². The van der Waals surface area contributed by atoms with Crippen molar-refractivity contribution < 1.29 is 0 Å². The normalized spacial score (nSPS) is 9.11. The summed E-state index contributed by atoms with van der Waals surface area (Å²) < 4.78 is 3.82. The van der Waals surface area contributed by atoms with E-state index in [1.54, 1.807) is 0 Å². The number of hydrogen-bond acceptors (Lipinski definition) is 1. The Hall–Kier alpha value is -0.630. The van der Waals surface area contributed by atoms with E-state index in [4.69, 9.17) is 0 Å². The summed E-state index contributed by atoms with van der Waals surface area (Å²) in [6.45, 7) is 2.05. The van der Waals surface area contributed by atoms with Crippen molar-refractivity contribution in [1.29, 1.82) is 0 Å². The van der Waals surface area contributed by atoms with Crippen LogP contribution in [0.3, 0.4) is 0 Å². The lowest BCUT2D eigenvalue weighted by Gasteiger charge is -1.90. The molecule has 1 aromatic carbocycles. The lowest BCUT2D eigenvalue weighted by Crippen LogP contribution is -1.66. The molecular weight excluding hydrogens is 130 g/mol. The van der Waals surface area contributed by atoms with Crippen LogP contribution in [0.5, 0.6) is 0 Å². The molecule has 0 heterocycles. The maximum Gasteiger partial charge on any atom is 0.0697 e. The third kappa shape index (κ3) is 1.64. The molecular formula is C7H9NS. The van der Waals surface area contributed by atoms with Gasteiger partial charge in [-0.25, -0.2) is 4.36 Å². The summed E-state index contributed by atoms with van der Waals surface area (Å²) in [7, 11) is 0. The number of benzene rings is 1. The topological polar surface area (TPSA) is 12.4 Å². The highest BCUT2D eigenvalue weighted by atomic mass is 32.1. The fourth-order valence-electron chi connectivity index (χ4n) is 0.619. The van der Waals surface area contributed by atoms with Gasteiger partial charge in [-0.2, -0.15) is 0 Å². The first-order chi connectivity index (χ1) is 4.33. The first kappa shape index (κ1) is 6.49. The van der Waals surface area contributed by atoms with Gasteiger partial charge in [0.2, 0.25) is 0 Å². The molecule has 48 valence electrons. The van der Waals surface area contributed by atoms with E-state index in [2.05, 4.69) is 23.7 Å². The Morgan fingerprint density at radius 1 is 1.22 bits per heavy atom. The van der Waals surface area contributed by atoms with Gasteiger partial charge in [-0.1, -0.05) is 17.7 Å². The molecule has 9 heavy (non-hydrogen) atoms. The Kier molecular flexibility index (Phi) is 2.01. The van der Waals surface area contributed by atoms with Crippen LogP contribution in [-0.4, -0.2) is 0 Å². The van der Waals surface area contributed by atoms with Crippen molar-refractivity contribution in [1.82, 2.24) is 0 Å². The van der Waals surface area contributed by atoms with Crippen LogP contribution in [0, 0.1) is 6.92 Å². The molecule has 2 heteroatoms. The van der Waals surface area contributed by atoms with Crippen molar-refractivity contribution >= 4 is 18.1 Å². The zero-order valence-corrected chi connectivity index (χ0v) is 6.26. The van der Waals surface area contributed by atoms with E-state index in [0.717, 1.165) is 5.69 Å². The van der Waals surface area contributed by atoms with Crippen molar-refractivity contribution in [2.75, 3.05) is 0 Å². The van der Waals surface area contributed by atoms with Crippen LogP contribution in [0.4, 0.5) is 5.69 Å². The maximum atomic E-state index is 3.82. The SMILES string of the molecule is Cc1ccc(N=[SH2])cc1. The van der Waals surface area contributed by atoms with Crippen molar-refractivity contribution in [2.24, 2.45) is 4.36 Å². The van der Waals surface area contributed by atoms with Crippen LogP contribution < -0.4 is 0 Å². The highest BCUT2D eigenvalue weighted by molar-refractivity contribution is 7.47. The summed E-state index contributed by atoms with van der Waals surface area (Å²) >= 11 is 3.05. The zero-order valence-electron chi connectivity index (χ0n) is 5.26. The summed E-state index contributed by atoms with van der Waals surface area (Å²) in [6, 6.07) is 7.97. The minimum Gasteiger partial charge on any atom is -0.234 e. The van der Waals surface area contributed by atoms with Gasteiger partial charge in [-0.15, -0.1) is 12.4 Å². The van der Waals surface area contributed by atoms with Gasteiger partial charge in [0.15, 0.2) is 0 Å². The van der Waals surface area contributed by atoms with Gasteiger partial charge in [0.25, 0.3) is 0 Å². The molecule has 1 aromatic rings. The maximum absolute atomic E-state index is 3.82. The summed E-state index contributed by atoms with van der Waals surface area (Å²) in [6.07, 6.45) is 0. The third-order valence-corrected chi connectivity index (χ3v) is 1.42. The Labute approximate surface area is 59.9 Å². The molecule has 0 aliphatic heterocycles. The van der Waals surface area contributed by atoms with Gasteiger partial charge < -0.3 is 0 Å². The van der Waals surface area contributed by atoms with E-state index in [1.807, 2.05) is 24.3 Å². The third-order valence-electron chi connectivity index (χ3n) is 1.16. The number of nitrogens with zero attached hydrogens (tertiary/aromatic N) is 1. The first-order valence-corrected chi connectivity index (χ1v) is 3.22. The van der Waals surface area contributed by atoms with E-state index < -0.39 is 0 Å². The smallest absolute Gasteiger partial charge is 0.0697 e. The summed E-state index contributed by atoms with van der Waals surface area (Å²) in [5.41, 5.74) is 2.21. The fraction of sp³-hybridized carbons (Fsp3) is 0.143. The lowest BCUT2D eigenvalue weighted by atomic mass is 10.2. The van der Waals surface area contributed by atoms with Gasteiger partial charge in [-0.05, 0) is 19.1 Å². The standard InChI is InChI=1S/C7H9NS/c1-6-2-4-7(8-9)5-3-6/h2-5H,9H2,1H3. The average Bonchev–Trinajstić information content (AvgIpc) is 1.90. The molecule has 0 atom stereocenters. The minimum atomic E-state index is 0.956. The molecule has 0 spiro atoms. The Morgan fingerprint density at radius 3 is 2.22 bits per heavy atom. The van der Waals surface area contributed by atoms with Crippen LogP contribution in [-0.2, 0) is 12.4 Å². The zero-order chi connectivity index (χ0) is 6.69. The lowest BCUT2D eigenvalue weighted by molar-refractivity contribution is 1.45. The summed E-state index contributed by atoms with van der Waals surface area (Å²) in [5, 5.41) is 0. The second-order valence-electron chi connectivity index (χ2n) is 1.95. The Balaban J connectivity index is 3.01. The summed E-state index contributed by atoms with van der Waals surface area (Å²) in [5.74, 6) is 0. The van der Waals surface area contributed by atoms with Crippen LogP contribution in [0.15, 0.2) is 28.6 Å². The number of hydrogen-bond donors (Lipinski definition) is 0. The fourth-order valence-corrected chi connectivity index (χ4v) is 0.768. The molecule has 0 unspecified atom stereocenters. The van der Waals surface area contributed by atoms with Crippen LogP contribution in [0.1, 0.15) is 5.56 Å². The molecule has 0 aromatic heterocycles. The molecule has 0 saturated carbocycles. The number of rotatable bonds is 1. The molecule has 0 fully saturated rings. The highest BCUT2D eigenvalue weighted by Gasteiger charge is 1.83. The predicted octanol–water partition coefficient (Wildman–Crippen LogP) is 1.82. The van der Waals surface area contributed by atoms with Gasteiger partial charge in [0.1, 0.15) is 0 Å². The highest BCUT2D eigenvalue weighted by Crippen LogP contribution is 2.10. The summed E-state index contributed by atoms with van der Waals surface area (Å²) in [4.78, 5) is 0. The van der Waals surface area contributed by atoms with Gasteiger partial charge >= 0.3 is 0 Å². The molecule has 0 N–H and O–H groups in total. The quantitative estimate of drug-likeness (QED) is 0.563. The Bertz CT molecular complexity index is 203. The molecule has 0 amide bonds. The second kappa shape index (κ2) is 2.78. The van der Waals surface area contributed by atoms with E-state index in [0.29, 0.717) is 0 Å². The molecule has 0 aliphatic rings. The van der Waals surface area contributed by atoms with Crippen LogP contribution >= 0.6 is 0 Å². The van der Waals surface area contributed by atoms with Gasteiger partial charge in [-0.3, -0.25) is 0 Å². The number of aryl methyl sites for hydroxylation is 1. The Morgan fingerprint density at radius 2 is 1.78 bits per heavy atom. The molecule has 1 nitrogen and oxygen atoms in total. The molecule has 1 rings (SSSR count). The van der Waals surface area contributed by atoms with E-state index in [1.165, 1.54) is 5.56 Å². The van der Waals surface area contributed by atoms with E-state index in [9.17, 15) is 0 Å². The van der Waals surface area contributed by atoms with Crippen molar-refractivity contribution in [3.05, 3.63) is 29.8 Å². The second-order valence-corrected chi connectivity index (χ2v) is 2.17. The molecule has 0 aliphatic carbocycles. The first-order valence-electron chi connectivity index (χ1n) is 2.77. The monoisotopic (exact) mass is 139 g/mol. The van der Waals surface area contributed by atoms with Crippen LogP contribution in [0.25, 0.3) is 0 Å². The molecule has 0 radical (unpaired) electrons. The minimum absolute atomic E-state index is 0.956. The predicted molar refractivity (Wildman–Crippen MR) is 43.4 cm³/mol. The average molecular weight is 139 g/mol.